The number of hydrogen-bond donors (Lipinski definition) is 1. The fourth-order valence-electron chi connectivity index (χ4n) is 5.90. The zero-order chi connectivity index (χ0) is 41.0. The minimum Gasteiger partial charge on any atom is -0.498 e. The molecule has 0 bridgehead atoms. The van der Waals surface area contributed by atoms with Crippen LogP contribution >= 0.6 is 7.82 Å². The van der Waals surface area contributed by atoms with Gasteiger partial charge in [-0.3, -0.25) is 13.8 Å². The number of carbonyl (C=O) groups is 1. The van der Waals surface area contributed by atoms with Crippen molar-refractivity contribution in [3.63, 3.8) is 0 Å². The van der Waals surface area contributed by atoms with Gasteiger partial charge >= 0.3 is 13.8 Å². The van der Waals surface area contributed by atoms with Crippen LogP contribution in [-0.2, 0) is 32.6 Å². The quantitative estimate of drug-likeness (QED) is 0.0125. The van der Waals surface area contributed by atoms with Gasteiger partial charge in [0.2, 0.25) is 0 Å². The van der Waals surface area contributed by atoms with Gasteiger partial charge in [0.25, 0.3) is 0 Å². The van der Waals surface area contributed by atoms with Gasteiger partial charge in [-0.25, -0.2) is 4.57 Å². The molecule has 0 radical (unpaired) electrons. The average Bonchev–Trinajstić information content (AvgIpc) is 3.91. The third kappa shape index (κ3) is 35.2. The van der Waals surface area contributed by atoms with Crippen molar-refractivity contribution in [1.29, 1.82) is 0 Å². The molecule has 0 amide bonds. The molecular formula is C46H83NO8P+. The lowest BCUT2D eigenvalue weighted by molar-refractivity contribution is -0.870. The summed E-state index contributed by atoms with van der Waals surface area (Å²) in [6, 6.07) is 0. The molecule has 1 heterocycles. The van der Waals surface area contributed by atoms with Crippen molar-refractivity contribution in [3.8, 4) is 0 Å². The summed E-state index contributed by atoms with van der Waals surface area (Å²) in [6.45, 7) is 4.79. The van der Waals surface area contributed by atoms with E-state index in [0.29, 0.717) is 29.7 Å². The second kappa shape index (κ2) is 35.0. The van der Waals surface area contributed by atoms with Crippen molar-refractivity contribution in [2.75, 3.05) is 47.5 Å². The maximum Gasteiger partial charge on any atom is 0.472 e. The second-order valence-corrected chi connectivity index (χ2v) is 17.6. The van der Waals surface area contributed by atoms with E-state index in [0.717, 1.165) is 38.5 Å². The number of hydrogen-bond acceptors (Lipinski definition) is 7. The molecule has 9 nitrogen and oxygen atoms in total. The summed E-state index contributed by atoms with van der Waals surface area (Å²) < 4.78 is 40.4. The third-order valence-electron chi connectivity index (χ3n) is 9.52. The lowest BCUT2D eigenvalue weighted by Gasteiger charge is -2.24. The van der Waals surface area contributed by atoms with E-state index in [4.69, 9.17) is 23.3 Å². The lowest BCUT2D eigenvalue weighted by atomic mass is 10.1. The minimum atomic E-state index is -4.31. The van der Waals surface area contributed by atoms with Crippen LogP contribution in [0.1, 0.15) is 162 Å². The van der Waals surface area contributed by atoms with E-state index < -0.39 is 19.9 Å². The number of phosphoric ester groups is 1. The van der Waals surface area contributed by atoms with Crippen LogP contribution in [0.5, 0.6) is 0 Å². The van der Waals surface area contributed by atoms with E-state index in [1.54, 1.807) is 6.26 Å². The predicted molar refractivity (Wildman–Crippen MR) is 232 cm³/mol. The van der Waals surface area contributed by atoms with Crippen LogP contribution in [0.15, 0.2) is 60.9 Å². The Kier molecular flexibility index (Phi) is 32.5. The highest BCUT2D eigenvalue weighted by atomic mass is 31.2. The Hall–Kier alpha value is -2.00. The van der Waals surface area contributed by atoms with E-state index >= 15 is 0 Å². The SMILES string of the molecule is CCCCC/C=C\CC1OC1C/C=C\C/C=C\CCCC(=O)O[C@H](CO/C=C/CCCCCCCC/C=C\CCCCCC)COP(=O)(O)OCC[N+](C)(C)C. The molecule has 0 saturated carbocycles. The number of rotatable bonds is 39. The van der Waals surface area contributed by atoms with Crippen LogP contribution in [-0.4, -0.2) is 81.2 Å². The van der Waals surface area contributed by atoms with E-state index in [1.807, 2.05) is 27.2 Å². The molecule has 0 aromatic rings. The molecule has 0 aliphatic carbocycles. The molecule has 1 rings (SSSR count). The zero-order valence-corrected chi connectivity index (χ0v) is 37.2. The Bertz CT molecular complexity index is 1140. The average molecular weight is 809 g/mol. The smallest absolute Gasteiger partial charge is 0.472 e. The largest absolute Gasteiger partial charge is 0.498 e. The van der Waals surface area contributed by atoms with Gasteiger partial charge in [0.05, 0.1) is 46.2 Å². The van der Waals surface area contributed by atoms with Crippen molar-refractivity contribution in [2.24, 2.45) is 0 Å². The van der Waals surface area contributed by atoms with Gasteiger partial charge in [-0.05, 0) is 89.5 Å². The highest BCUT2D eigenvalue weighted by Crippen LogP contribution is 2.43. The molecule has 10 heteroatoms. The Balaban J connectivity index is 2.30. The molecule has 1 fully saturated rings. The summed E-state index contributed by atoms with van der Waals surface area (Å²) >= 11 is 0. The summed E-state index contributed by atoms with van der Waals surface area (Å²) in [6.07, 6.45) is 46.7. The van der Waals surface area contributed by atoms with Crippen LogP contribution in [0.4, 0.5) is 0 Å². The first-order chi connectivity index (χ1) is 27.1. The molecule has 4 atom stereocenters. The molecule has 1 N–H and O–H groups in total. The van der Waals surface area contributed by atoms with E-state index in [1.165, 1.54) is 96.3 Å². The molecule has 3 unspecified atom stereocenters. The second-order valence-electron chi connectivity index (χ2n) is 16.2. The van der Waals surface area contributed by atoms with E-state index in [-0.39, 0.29) is 26.2 Å². The molecule has 324 valence electrons. The van der Waals surface area contributed by atoms with Gasteiger partial charge < -0.3 is 23.6 Å². The molecule has 56 heavy (non-hydrogen) atoms. The number of unbranched alkanes of at least 4 members (excludes halogenated alkanes) is 15. The maximum atomic E-state index is 12.7. The fourth-order valence-corrected chi connectivity index (χ4v) is 6.64. The van der Waals surface area contributed by atoms with Gasteiger partial charge in [-0.15, -0.1) is 0 Å². The first-order valence-corrected chi connectivity index (χ1v) is 23.7. The molecule has 0 aromatic heterocycles. The molecule has 1 aliphatic rings. The third-order valence-corrected chi connectivity index (χ3v) is 10.5. The number of quaternary nitrogens is 1. The Morgan fingerprint density at radius 1 is 0.661 bits per heavy atom. The minimum absolute atomic E-state index is 0.0168. The number of epoxide rings is 1. The van der Waals surface area contributed by atoms with Gasteiger partial charge in [0.15, 0.2) is 6.10 Å². The number of phosphoric acid groups is 1. The predicted octanol–water partition coefficient (Wildman–Crippen LogP) is 12.3. The molecule has 0 aromatic carbocycles. The zero-order valence-electron chi connectivity index (χ0n) is 36.3. The molecule has 1 saturated heterocycles. The summed E-state index contributed by atoms with van der Waals surface area (Å²) in [7, 11) is 1.58. The van der Waals surface area contributed by atoms with Crippen molar-refractivity contribution in [3.05, 3.63) is 60.9 Å². The summed E-state index contributed by atoms with van der Waals surface area (Å²) in [5.41, 5.74) is 0. The van der Waals surface area contributed by atoms with Crippen molar-refractivity contribution in [1.82, 2.24) is 0 Å². The van der Waals surface area contributed by atoms with Crippen molar-refractivity contribution < 1.29 is 42.0 Å². The first-order valence-electron chi connectivity index (χ1n) is 22.2. The normalized spacial score (nSPS) is 17.9. The Labute approximate surface area is 343 Å². The first kappa shape index (κ1) is 52.0. The number of likely N-dealkylation sites (N-methyl/N-ethyl adjacent to an activating group) is 1. The van der Waals surface area contributed by atoms with Gasteiger partial charge in [0, 0.05) is 6.42 Å². The maximum absolute atomic E-state index is 12.7. The van der Waals surface area contributed by atoms with Gasteiger partial charge in [-0.2, -0.15) is 0 Å². The molecule has 1 aliphatic heterocycles. The summed E-state index contributed by atoms with van der Waals surface area (Å²) in [5.74, 6) is -0.397. The number of carbonyl (C=O) groups excluding carboxylic acids is 1. The van der Waals surface area contributed by atoms with Gasteiger partial charge in [0.1, 0.15) is 19.8 Å². The Morgan fingerprint density at radius 2 is 1.16 bits per heavy atom. The van der Waals surface area contributed by atoms with Crippen molar-refractivity contribution >= 4 is 13.8 Å². The topological polar surface area (TPSA) is 104 Å². The number of nitrogens with zero attached hydrogens (tertiary/aromatic N) is 1. The summed E-state index contributed by atoms with van der Waals surface area (Å²) in [4.78, 5) is 22.9. The van der Waals surface area contributed by atoms with E-state index in [9.17, 15) is 14.3 Å². The van der Waals surface area contributed by atoms with E-state index in [2.05, 4.69) is 62.5 Å². The van der Waals surface area contributed by atoms with Crippen LogP contribution in [0.2, 0.25) is 0 Å². The van der Waals surface area contributed by atoms with Crippen LogP contribution in [0, 0.1) is 0 Å². The monoisotopic (exact) mass is 809 g/mol. The van der Waals surface area contributed by atoms with Crippen molar-refractivity contribution in [2.45, 2.75) is 180 Å². The van der Waals surface area contributed by atoms with Crippen LogP contribution in [0.25, 0.3) is 0 Å². The van der Waals surface area contributed by atoms with Crippen LogP contribution < -0.4 is 0 Å². The Morgan fingerprint density at radius 3 is 1.80 bits per heavy atom. The molecular weight excluding hydrogens is 725 g/mol. The highest BCUT2D eigenvalue weighted by molar-refractivity contribution is 7.47. The number of ether oxygens (including phenoxy) is 3. The standard InChI is InChI=1S/C46H82NO8P/c1-6-8-10-12-14-15-16-17-18-19-20-21-22-26-30-34-39-51-41-43(42-53-56(49,50)52-40-38-47(3,4)5)54-46(48)37-33-29-25-23-24-28-32-36-45-44(55-45)35-31-27-13-11-9-7-2/h15-16,23,25,27-28,31-32,34,39,43-45H,6-14,17-22,24,26,29-30,33,35-38,40-42H2,1-5H3/p+1/b16-15-,25-23-,31-27-,32-28-,39-34+/t43-,44?,45?/m1/s1. The number of allylic oxidation sites excluding steroid dienone is 7. The number of esters is 1. The highest BCUT2D eigenvalue weighted by Gasteiger charge is 2.36. The van der Waals surface area contributed by atoms with Gasteiger partial charge in [-0.1, -0.05) is 120 Å². The van der Waals surface area contributed by atoms with Crippen LogP contribution in [0.3, 0.4) is 0 Å². The summed E-state index contributed by atoms with van der Waals surface area (Å²) in [5, 5.41) is 0. The molecule has 0 spiro atoms. The fraction of sp³-hybridized carbons (Fsp3) is 0.761. The lowest BCUT2D eigenvalue weighted by Crippen LogP contribution is -2.37.